The number of alkyl halides is 1. The lowest BCUT2D eigenvalue weighted by Crippen LogP contribution is -2.04. The molecular formula is C16H20BrClN2. The van der Waals surface area contributed by atoms with Crippen molar-refractivity contribution in [3.05, 3.63) is 28.5 Å². The molecule has 0 bridgehead atoms. The van der Waals surface area contributed by atoms with E-state index in [1.54, 1.807) is 0 Å². The normalized spacial score (nSPS) is 16.3. The molecule has 0 radical (unpaired) electrons. The molecule has 0 atom stereocenters. The van der Waals surface area contributed by atoms with E-state index in [1.807, 2.05) is 0 Å². The first-order valence-corrected chi connectivity index (χ1v) is 8.81. The number of nitrogens with zero attached hydrogens (tertiary/aromatic N) is 2. The molecular weight excluding hydrogens is 336 g/mol. The number of hydrogen-bond acceptors (Lipinski definition) is 1. The van der Waals surface area contributed by atoms with E-state index in [4.69, 9.17) is 11.6 Å². The molecule has 20 heavy (non-hydrogen) atoms. The van der Waals surface area contributed by atoms with Crippen LogP contribution in [0.4, 0.5) is 0 Å². The van der Waals surface area contributed by atoms with Gasteiger partial charge in [-0.15, -0.1) is 11.6 Å². The summed E-state index contributed by atoms with van der Waals surface area (Å²) in [6.45, 7) is 1.04. The molecule has 1 aromatic heterocycles. The predicted octanol–water partition coefficient (Wildman–Crippen LogP) is 5.51. The third-order valence-electron chi connectivity index (χ3n) is 4.38. The van der Waals surface area contributed by atoms with Crippen molar-refractivity contribution in [2.45, 2.75) is 50.9 Å². The molecule has 2 aromatic rings. The molecule has 1 aliphatic carbocycles. The summed E-state index contributed by atoms with van der Waals surface area (Å²) in [7, 11) is 0. The highest BCUT2D eigenvalue weighted by atomic mass is 79.9. The molecule has 0 saturated heterocycles. The minimum absolute atomic E-state index is 0.482. The Labute approximate surface area is 133 Å². The van der Waals surface area contributed by atoms with Crippen molar-refractivity contribution in [2.75, 3.05) is 0 Å². The van der Waals surface area contributed by atoms with E-state index in [9.17, 15) is 0 Å². The van der Waals surface area contributed by atoms with Crippen LogP contribution >= 0.6 is 27.5 Å². The van der Waals surface area contributed by atoms with E-state index in [1.165, 1.54) is 44.0 Å². The van der Waals surface area contributed by atoms with Crippen molar-refractivity contribution in [1.29, 1.82) is 0 Å². The van der Waals surface area contributed by atoms with Gasteiger partial charge in [0, 0.05) is 11.0 Å². The fraction of sp³-hybridized carbons (Fsp3) is 0.562. The van der Waals surface area contributed by atoms with Crippen LogP contribution < -0.4 is 0 Å². The summed E-state index contributed by atoms with van der Waals surface area (Å²) in [5.74, 6) is 2.43. The van der Waals surface area contributed by atoms with Crippen LogP contribution in [0.25, 0.3) is 11.0 Å². The van der Waals surface area contributed by atoms with Crippen LogP contribution in [0.15, 0.2) is 22.7 Å². The van der Waals surface area contributed by atoms with Crippen molar-refractivity contribution in [2.24, 2.45) is 5.92 Å². The van der Waals surface area contributed by atoms with Gasteiger partial charge in [0.15, 0.2) is 0 Å². The number of aryl methyl sites for hydroxylation is 1. The van der Waals surface area contributed by atoms with E-state index in [-0.39, 0.29) is 0 Å². The van der Waals surface area contributed by atoms with Crippen molar-refractivity contribution in [3.63, 3.8) is 0 Å². The Morgan fingerprint density at radius 3 is 2.85 bits per heavy atom. The molecule has 1 saturated carbocycles. The topological polar surface area (TPSA) is 17.8 Å². The molecule has 1 fully saturated rings. The van der Waals surface area contributed by atoms with Gasteiger partial charge in [-0.05, 0) is 37.0 Å². The number of fused-ring (bicyclic) bond motifs is 1. The monoisotopic (exact) mass is 354 g/mol. The molecule has 0 spiro atoms. The lowest BCUT2D eigenvalue weighted by atomic mass is 10.0. The van der Waals surface area contributed by atoms with Crippen LogP contribution in [0.1, 0.15) is 44.3 Å². The van der Waals surface area contributed by atoms with E-state index < -0.39 is 0 Å². The number of aromatic nitrogens is 2. The minimum Gasteiger partial charge on any atom is -0.327 e. The average Bonchev–Trinajstić information content (AvgIpc) is 3.06. The smallest absolute Gasteiger partial charge is 0.124 e. The van der Waals surface area contributed by atoms with Crippen LogP contribution in [-0.2, 0) is 12.4 Å². The van der Waals surface area contributed by atoms with Gasteiger partial charge in [0.25, 0.3) is 0 Å². The first-order chi connectivity index (χ1) is 9.78. The zero-order chi connectivity index (χ0) is 13.9. The maximum atomic E-state index is 6.05. The average molecular weight is 356 g/mol. The van der Waals surface area contributed by atoms with Crippen molar-refractivity contribution < 1.29 is 0 Å². The third-order valence-corrected chi connectivity index (χ3v) is 5.11. The first-order valence-electron chi connectivity index (χ1n) is 7.48. The highest BCUT2D eigenvalue weighted by Crippen LogP contribution is 2.29. The number of hydrogen-bond donors (Lipinski definition) is 0. The molecule has 0 unspecified atom stereocenters. The van der Waals surface area contributed by atoms with Crippen molar-refractivity contribution in [3.8, 4) is 0 Å². The highest BCUT2D eigenvalue weighted by Gasteiger charge is 2.15. The van der Waals surface area contributed by atoms with Gasteiger partial charge in [-0.1, -0.05) is 41.6 Å². The van der Waals surface area contributed by atoms with Gasteiger partial charge < -0.3 is 4.57 Å². The fourth-order valence-electron chi connectivity index (χ4n) is 3.34. The van der Waals surface area contributed by atoms with Gasteiger partial charge in [-0.2, -0.15) is 0 Å². The third kappa shape index (κ3) is 3.04. The Kier molecular flexibility index (Phi) is 4.67. The van der Waals surface area contributed by atoms with Crippen LogP contribution in [0, 0.1) is 5.92 Å². The van der Waals surface area contributed by atoms with Crippen LogP contribution in [0.5, 0.6) is 0 Å². The molecule has 1 aromatic carbocycles. The molecule has 1 aliphatic rings. The Balaban J connectivity index is 1.75. The first kappa shape index (κ1) is 14.4. The summed E-state index contributed by atoms with van der Waals surface area (Å²) in [5, 5.41) is 0. The molecule has 1 heterocycles. The van der Waals surface area contributed by atoms with Gasteiger partial charge in [0.2, 0.25) is 0 Å². The van der Waals surface area contributed by atoms with E-state index >= 15 is 0 Å². The summed E-state index contributed by atoms with van der Waals surface area (Å²) < 4.78 is 3.37. The second-order valence-electron chi connectivity index (χ2n) is 5.74. The lowest BCUT2D eigenvalue weighted by Gasteiger charge is -2.11. The maximum absolute atomic E-state index is 6.05. The Hall–Kier alpha value is -0.540. The van der Waals surface area contributed by atoms with E-state index in [0.717, 1.165) is 28.3 Å². The summed E-state index contributed by atoms with van der Waals surface area (Å²) in [5.41, 5.74) is 2.24. The quantitative estimate of drug-likeness (QED) is 0.647. The SMILES string of the molecule is ClCc1nc2cc(Br)ccc2n1CCCC1CCCC1. The summed E-state index contributed by atoms with van der Waals surface area (Å²) in [6, 6.07) is 6.28. The standard InChI is InChI=1S/C16H20BrClN2/c17-13-7-8-15-14(10-13)19-16(11-18)20(15)9-3-6-12-4-1-2-5-12/h7-8,10,12H,1-6,9,11H2. The van der Waals surface area contributed by atoms with Gasteiger partial charge >= 0.3 is 0 Å². The number of halogens is 2. The zero-order valence-electron chi connectivity index (χ0n) is 11.6. The number of rotatable bonds is 5. The molecule has 4 heteroatoms. The highest BCUT2D eigenvalue weighted by molar-refractivity contribution is 9.10. The fourth-order valence-corrected chi connectivity index (χ4v) is 3.89. The summed E-state index contributed by atoms with van der Waals surface area (Å²) in [4.78, 5) is 4.64. The van der Waals surface area contributed by atoms with Crippen molar-refractivity contribution >= 4 is 38.6 Å². The number of benzene rings is 1. The van der Waals surface area contributed by atoms with Gasteiger partial charge in [0.05, 0.1) is 16.9 Å². The molecule has 108 valence electrons. The van der Waals surface area contributed by atoms with Crippen molar-refractivity contribution in [1.82, 2.24) is 9.55 Å². The second kappa shape index (κ2) is 6.48. The Morgan fingerprint density at radius 2 is 2.10 bits per heavy atom. The van der Waals surface area contributed by atoms with Crippen LogP contribution in [-0.4, -0.2) is 9.55 Å². The van der Waals surface area contributed by atoms with Gasteiger partial charge in [0.1, 0.15) is 5.82 Å². The molecule has 2 nitrogen and oxygen atoms in total. The predicted molar refractivity (Wildman–Crippen MR) is 88.2 cm³/mol. The Bertz CT molecular complexity index is 587. The second-order valence-corrected chi connectivity index (χ2v) is 6.92. The van der Waals surface area contributed by atoms with E-state index in [2.05, 4.69) is 43.7 Å². The maximum Gasteiger partial charge on any atom is 0.124 e. The largest absolute Gasteiger partial charge is 0.327 e. The van der Waals surface area contributed by atoms with Crippen LogP contribution in [0.3, 0.4) is 0 Å². The number of imidazole rings is 1. The molecule has 0 N–H and O–H groups in total. The summed E-state index contributed by atoms with van der Waals surface area (Å²) >= 11 is 9.56. The zero-order valence-corrected chi connectivity index (χ0v) is 14.0. The van der Waals surface area contributed by atoms with Gasteiger partial charge in [-0.3, -0.25) is 0 Å². The molecule has 3 rings (SSSR count). The minimum atomic E-state index is 0.482. The molecule has 0 amide bonds. The van der Waals surface area contributed by atoms with Crippen LogP contribution in [0.2, 0.25) is 0 Å². The summed E-state index contributed by atoms with van der Waals surface area (Å²) in [6.07, 6.45) is 8.30. The molecule has 0 aliphatic heterocycles. The lowest BCUT2D eigenvalue weighted by molar-refractivity contribution is 0.459. The Morgan fingerprint density at radius 1 is 1.30 bits per heavy atom. The van der Waals surface area contributed by atoms with E-state index in [0.29, 0.717) is 5.88 Å². The van der Waals surface area contributed by atoms with Gasteiger partial charge in [-0.25, -0.2) is 4.98 Å².